The van der Waals surface area contributed by atoms with Crippen LogP contribution < -0.4 is 5.73 Å². The van der Waals surface area contributed by atoms with Gasteiger partial charge in [-0.15, -0.1) is 0 Å². The van der Waals surface area contributed by atoms with E-state index in [2.05, 4.69) is 0 Å². The summed E-state index contributed by atoms with van der Waals surface area (Å²) in [6, 6.07) is 0. The molecule has 0 fully saturated rings. The minimum absolute atomic E-state index is 0.247. The summed E-state index contributed by atoms with van der Waals surface area (Å²) in [5.41, 5.74) is -0.798. The quantitative estimate of drug-likeness (QED) is 0.159. The number of nitrogens with two attached hydrogens (primary N) is 1. The summed E-state index contributed by atoms with van der Waals surface area (Å²) in [5.74, 6) is 0. The molecule has 11 N–H and O–H groups in total. The fourth-order valence-corrected chi connectivity index (χ4v) is 5.05. The minimum atomic E-state index is -5.06. The highest BCUT2D eigenvalue weighted by atomic mass is 31.2. The molecular weight excluding hydrogens is 444 g/mol. The lowest BCUT2D eigenvalue weighted by Crippen LogP contribution is -2.60. The van der Waals surface area contributed by atoms with Gasteiger partial charge < -0.3 is 50.0 Å². The Bertz CT molecular complexity index is 570. The molecule has 0 bridgehead atoms. The summed E-state index contributed by atoms with van der Waals surface area (Å²) < 4.78 is 22.3. The zero-order chi connectivity index (χ0) is 21.1. The summed E-state index contributed by atoms with van der Waals surface area (Å²) in [7, 11) is -17.1. The van der Waals surface area contributed by atoms with E-state index in [9.17, 15) is 23.8 Å². The molecule has 0 aliphatic heterocycles. The molecule has 19 heteroatoms. The number of carbonyl (C=O) groups excluding carboxylic acids is 2. The van der Waals surface area contributed by atoms with Gasteiger partial charge >= 0.3 is 26.5 Å². The van der Waals surface area contributed by atoms with Crippen LogP contribution in [0.5, 0.6) is 0 Å². The fraction of sp³-hybridized carbons (Fsp3) is 0.714. The minimum Gasteiger partial charge on any atom is -0.389 e. The average molecular weight is 462 g/mol. The van der Waals surface area contributed by atoms with Crippen molar-refractivity contribution in [2.75, 3.05) is 18.9 Å². The maximum atomic E-state index is 11.6. The number of hydrogen-bond donors (Lipinski definition) is 10. The van der Waals surface area contributed by atoms with Crippen LogP contribution in [0.25, 0.3) is 0 Å². The Labute approximate surface area is 148 Å². The predicted octanol–water partition coefficient (Wildman–Crippen LogP) is -2.46. The maximum absolute atomic E-state index is 11.6. The van der Waals surface area contributed by atoms with Crippen LogP contribution in [-0.2, 0) is 9.13 Å². The number of imide groups is 1. The van der Waals surface area contributed by atoms with Crippen molar-refractivity contribution < 1.29 is 63.0 Å². The normalized spacial score (nSPS) is 14.6. The van der Waals surface area contributed by atoms with E-state index < -0.39 is 73.8 Å². The fourth-order valence-electron chi connectivity index (χ4n) is 1.84. The second-order valence-electron chi connectivity index (χ2n) is 5.15. The van der Waals surface area contributed by atoms with Crippen LogP contribution in [0.15, 0.2) is 0 Å². The molecule has 15 nitrogen and oxygen atoms in total. The van der Waals surface area contributed by atoms with Crippen LogP contribution in [0.4, 0.5) is 9.59 Å². The zero-order valence-corrected chi connectivity index (χ0v) is 16.2. The molecule has 0 aromatic carbocycles. The molecule has 0 spiro atoms. The molecule has 0 saturated carbocycles. The molecule has 1 atom stereocenters. The Balaban J connectivity index is 5.82. The predicted molar refractivity (Wildman–Crippen MR) is 87.0 cm³/mol. The molecule has 1 unspecified atom stereocenters. The Morgan fingerprint density at radius 3 is 1.46 bits per heavy atom. The third kappa shape index (κ3) is 8.83. The molecule has 0 aromatic rings. The lowest BCUT2D eigenvalue weighted by atomic mass is 9.98. The lowest BCUT2D eigenvalue weighted by Gasteiger charge is -2.36. The molecule has 0 aliphatic carbocycles. The van der Waals surface area contributed by atoms with Crippen molar-refractivity contribution in [2.45, 2.75) is 11.6 Å². The molecule has 154 valence electrons. The van der Waals surface area contributed by atoms with Crippen molar-refractivity contribution in [3.05, 3.63) is 0 Å². The van der Waals surface area contributed by atoms with E-state index in [-0.39, 0.29) is 4.90 Å². The van der Waals surface area contributed by atoms with E-state index in [1.165, 1.54) is 0 Å². The monoisotopic (exact) mass is 462 g/mol. The first kappa shape index (κ1) is 26.1. The lowest BCUT2D eigenvalue weighted by molar-refractivity contribution is 0.0809. The molecule has 0 aromatic heterocycles. The van der Waals surface area contributed by atoms with Gasteiger partial charge in [-0.05, 0) is 0 Å². The van der Waals surface area contributed by atoms with Gasteiger partial charge in [-0.3, -0.25) is 23.6 Å². The molecule has 26 heavy (non-hydrogen) atoms. The van der Waals surface area contributed by atoms with Gasteiger partial charge in [0.25, 0.3) is 16.8 Å². The average Bonchev–Trinajstić information content (AvgIpc) is 2.38. The van der Waals surface area contributed by atoms with Gasteiger partial charge in [-0.2, -0.15) is 0 Å². The Hall–Kier alpha value is 0.0600. The molecule has 0 saturated heterocycles. The molecule has 0 rings (SSSR count). The van der Waals surface area contributed by atoms with Crippen LogP contribution in [0.2, 0.25) is 0 Å². The highest BCUT2D eigenvalue weighted by molar-refractivity contribution is 7.66. The summed E-state index contributed by atoms with van der Waals surface area (Å²) >= 11 is 0. The van der Waals surface area contributed by atoms with Gasteiger partial charge in [-0.25, -0.2) is 0 Å². The SMILES string of the molecule is NC(CP(=O)(O)O)(CP(=O)(O)O)C(O)CN(C(=O)P(O)O)C(=O)P(O)O. The number of carbonyl (C=O) groups is 2. The molecule has 2 amide bonds. The Kier molecular flexibility index (Phi) is 9.53. The third-order valence-corrected chi connectivity index (χ3v) is 5.99. The van der Waals surface area contributed by atoms with E-state index in [0.717, 1.165) is 0 Å². The molecular formula is C7H18N2O13P4. The van der Waals surface area contributed by atoms with Gasteiger partial charge in [0.2, 0.25) is 0 Å². The largest absolute Gasteiger partial charge is 0.389 e. The highest BCUT2D eigenvalue weighted by Gasteiger charge is 2.46. The first-order valence-electron chi connectivity index (χ1n) is 6.17. The van der Waals surface area contributed by atoms with Gasteiger partial charge in [0, 0.05) is 0 Å². The first-order valence-corrected chi connectivity index (χ1v) is 12.3. The summed E-state index contributed by atoms with van der Waals surface area (Å²) in [5, 5.41) is 10.1. The Morgan fingerprint density at radius 1 is 0.923 bits per heavy atom. The number of rotatable bonds is 9. The van der Waals surface area contributed by atoms with Crippen molar-refractivity contribution in [3.8, 4) is 0 Å². The van der Waals surface area contributed by atoms with E-state index >= 15 is 0 Å². The van der Waals surface area contributed by atoms with Crippen molar-refractivity contribution in [1.29, 1.82) is 0 Å². The van der Waals surface area contributed by atoms with Crippen molar-refractivity contribution >= 4 is 43.2 Å². The van der Waals surface area contributed by atoms with Crippen molar-refractivity contribution in [1.82, 2.24) is 4.90 Å². The maximum Gasteiger partial charge on any atom is 0.327 e. The van der Waals surface area contributed by atoms with Crippen LogP contribution in [0.3, 0.4) is 0 Å². The summed E-state index contributed by atoms with van der Waals surface area (Å²) in [6.45, 7) is -1.35. The second kappa shape index (κ2) is 9.51. The third-order valence-electron chi connectivity index (χ3n) is 2.82. The Morgan fingerprint density at radius 2 is 1.23 bits per heavy atom. The number of nitrogens with zero attached hydrogens (tertiary/aromatic N) is 1. The van der Waals surface area contributed by atoms with Gasteiger partial charge in [0.05, 0.1) is 30.5 Å². The second-order valence-corrected chi connectivity index (χ2v) is 10.4. The van der Waals surface area contributed by atoms with Crippen LogP contribution >= 0.6 is 31.9 Å². The van der Waals surface area contributed by atoms with E-state index in [1.54, 1.807) is 0 Å². The van der Waals surface area contributed by atoms with Gasteiger partial charge in [0.15, 0.2) is 0 Å². The summed E-state index contributed by atoms with van der Waals surface area (Å²) in [4.78, 5) is 94.4. The highest BCUT2D eigenvalue weighted by Crippen LogP contribution is 2.46. The van der Waals surface area contributed by atoms with Crippen molar-refractivity contribution in [3.63, 3.8) is 0 Å². The smallest absolute Gasteiger partial charge is 0.327 e. The van der Waals surface area contributed by atoms with E-state index in [4.69, 9.17) is 44.9 Å². The molecule has 0 radical (unpaired) electrons. The van der Waals surface area contributed by atoms with Crippen molar-refractivity contribution in [2.24, 2.45) is 5.73 Å². The standard InChI is InChI=1S/C7H18N2O13P4/c8-7(2-25(17,18)19,3-26(20,21)22)4(10)1-9(5(11)23(13)14)6(12)24(15)16/h4,10,13-16H,1-3,8H2,(H2,17,18,19)(H2,20,21,22). The number of amides is 2. The van der Waals surface area contributed by atoms with E-state index in [1.807, 2.05) is 0 Å². The zero-order valence-electron chi connectivity index (χ0n) is 12.7. The van der Waals surface area contributed by atoms with Crippen LogP contribution in [0.1, 0.15) is 0 Å². The number of aliphatic hydroxyl groups is 1. The number of hydrogen-bond acceptors (Lipinski definition) is 10. The van der Waals surface area contributed by atoms with Gasteiger partial charge in [-0.1, -0.05) is 0 Å². The van der Waals surface area contributed by atoms with Gasteiger partial charge in [0.1, 0.15) is 0 Å². The molecule has 0 heterocycles. The van der Waals surface area contributed by atoms with E-state index in [0.29, 0.717) is 0 Å². The first-order chi connectivity index (χ1) is 11.4. The van der Waals surface area contributed by atoms with Crippen LogP contribution in [-0.4, -0.2) is 91.0 Å². The topological polar surface area (TPSA) is 280 Å². The molecule has 0 aliphatic rings. The summed E-state index contributed by atoms with van der Waals surface area (Å²) in [6.07, 6.45) is -5.33. The van der Waals surface area contributed by atoms with Crippen LogP contribution in [0, 0.1) is 0 Å². The number of aliphatic hydroxyl groups excluding tert-OH is 1.